The number of anilines is 2. The van der Waals surface area contributed by atoms with Crippen LogP contribution in [-0.4, -0.2) is 61.1 Å². The maximum Gasteiger partial charge on any atom is 0.265 e. The molecule has 0 fully saturated rings. The van der Waals surface area contributed by atoms with Crippen LogP contribution in [0.1, 0.15) is 0 Å². The standard InChI is InChI=1S/C18H23N3O7S2/c1-21(29(4,23)24)12-18(22)19-14-7-10-16(28-3)17(11-14)30(25,26)20-13-5-8-15(27-2)9-6-13/h5-11,20H,12H2,1-4H3,(H,19,22). The van der Waals surface area contributed by atoms with E-state index >= 15 is 0 Å². The fourth-order valence-corrected chi connectivity index (χ4v) is 3.96. The molecule has 30 heavy (non-hydrogen) atoms. The lowest BCUT2D eigenvalue weighted by Gasteiger charge is -2.16. The minimum absolute atomic E-state index is 0.0715. The Morgan fingerprint density at radius 2 is 1.57 bits per heavy atom. The minimum Gasteiger partial charge on any atom is -0.497 e. The van der Waals surface area contributed by atoms with Crippen LogP contribution >= 0.6 is 0 Å². The monoisotopic (exact) mass is 457 g/mol. The molecule has 0 saturated carbocycles. The predicted molar refractivity (Wildman–Crippen MR) is 113 cm³/mol. The summed E-state index contributed by atoms with van der Waals surface area (Å²) in [5.41, 5.74) is 0.472. The van der Waals surface area contributed by atoms with Crippen LogP contribution in [0.4, 0.5) is 11.4 Å². The zero-order valence-corrected chi connectivity index (χ0v) is 18.5. The van der Waals surface area contributed by atoms with Gasteiger partial charge < -0.3 is 14.8 Å². The van der Waals surface area contributed by atoms with Crippen molar-refractivity contribution in [1.82, 2.24) is 4.31 Å². The van der Waals surface area contributed by atoms with E-state index in [0.717, 1.165) is 10.6 Å². The van der Waals surface area contributed by atoms with E-state index in [9.17, 15) is 21.6 Å². The van der Waals surface area contributed by atoms with E-state index in [1.54, 1.807) is 12.1 Å². The number of sulfonamides is 2. The zero-order chi connectivity index (χ0) is 22.5. The van der Waals surface area contributed by atoms with Gasteiger partial charge in [0.2, 0.25) is 15.9 Å². The highest BCUT2D eigenvalue weighted by Crippen LogP contribution is 2.29. The second-order valence-corrected chi connectivity index (χ2v) is 10.0. The minimum atomic E-state index is -4.05. The first kappa shape index (κ1) is 23.4. The maximum absolute atomic E-state index is 12.9. The molecule has 0 heterocycles. The number of nitrogens with one attached hydrogen (secondary N) is 2. The van der Waals surface area contributed by atoms with Crippen molar-refractivity contribution < 1.29 is 31.1 Å². The molecule has 0 unspecified atom stereocenters. The van der Waals surface area contributed by atoms with Crippen molar-refractivity contribution in [2.45, 2.75) is 4.90 Å². The number of likely N-dealkylation sites (N-methyl/N-ethyl adjacent to an activating group) is 1. The smallest absolute Gasteiger partial charge is 0.265 e. The Bertz CT molecular complexity index is 1110. The highest BCUT2D eigenvalue weighted by molar-refractivity contribution is 7.92. The third-order valence-electron chi connectivity index (χ3n) is 4.01. The summed E-state index contributed by atoms with van der Waals surface area (Å²) in [6, 6.07) is 10.3. The molecule has 0 spiro atoms. The molecule has 0 aromatic heterocycles. The molecule has 2 N–H and O–H groups in total. The molecular weight excluding hydrogens is 434 g/mol. The van der Waals surface area contributed by atoms with E-state index in [1.165, 1.54) is 51.6 Å². The van der Waals surface area contributed by atoms with Crippen LogP contribution in [0.2, 0.25) is 0 Å². The average Bonchev–Trinajstić information content (AvgIpc) is 2.67. The first-order chi connectivity index (χ1) is 14.0. The van der Waals surface area contributed by atoms with Crippen LogP contribution in [0.5, 0.6) is 11.5 Å². The SMILES string of the molecule is COc1ccc(NS(=O)(=O)c2cc(NC(=O)CN(C)S(C)(=O)=O)ccc2OC)cc1. The normalized spacial score (nSPS) is 11.8. The van der Waals surface area contributed by atoms with Crippen molar-refractivity contribution in [3.8, 4) is 11.5 Å². The molecule has 0 aliphatic rings. The molecule has 2 aromatic carbocycles. The molecule has 0 atom stereocenters. The van der Waals surface area contributed by atoms with Gasteiger partial charge in [-0.15, -0.1) is 0 Å². The molecule has 164 valence electrons. The number of benzene rings is 2. The van der Waals surface area contributed by atoms with E-state index in [4.69, 9.17) is 9.47 Å². The fourth-order valence-electron chi connectivity index (χ4n) is 2.35. The molecule has 1 amide bonds. The molecule has 0 saturated heterocycles. The number of rotatable bonds is 9. The molecular formula is C18H23N3O7S2. The van der Waals surface area contributed by atoms with Crippen LogP contribution in [-0.2, 0) is 24.8 Å². The van der Waals surface area contributed by atoms with Crippen LogP contribution in [0, 0.1) is 0 Å². The second-order valence-electron chi connectivity index (χ2n) is 6.27. The number of amides is 1. The van der Waals surface area contributed by atoms with Crippen molar-refractivity contribution in [1.29, 1.82) is 0 Å². The highest BCUT2D eigenvalue weighted by atomic mass is 32.2. The zero-order valence-electron chi connectivity index (χ0n) is 16.9. The van der Waals surface area contributed by atoms with Crippen LogP contribution in [0.15, 0.2) is 47.4 Å². The number of hydrogen-bond donors (Lipinski definition) is 2. The Labute approximate surface area is 175 Å². The van der Waals surface area contributed by atoms with Gasteiger partial charge in [-0.2, -0.15) is 4.31 Å². The third kappa shape index (κ3) is 6.08. The van der Waals surface area contributed by atoms with Crippen molar-refractivity contribution in [3.63, 3.8) is 0 Å². The quantitative estimate of drug-likeness (QED) is 0.581. The molecule has 0 aliphatic carbocycles. The Hall–Kier alpha value is -2.83. The molecule has 10 nitrogen and oxygen atoms in total. The van der Waals surface area contributed by atoms with Gasteiger partial charge in [0.1, 0.15) is 16.4 Å². The summed E-state index contributed by atoms with van der Waals surface area (Å²) < 4.78 is 62.1. The van der Waals surface area contributed by atoms with Gasteiger partial charge >= 0.3 is 0 Å². The van der Waals surface area contributed by atoms with Gasteiger partial charge in [0.05, 0.1) is 27.0 Å². The topological polar surface area (TPSA) is 131 Å². The lowest BCUT2D eigenvalue weighted by Crippen LogP contribution is -2.34. The van der Waals surface area contributed by atoms with E-state index in [-0.39, 0.29) is 16.3 Å². The number of carbonyl (C=O) groups excluding carboxylic acids is 1. The van der Waals surface area contributed by atoms with E-state index < -0.39 is 32.5 Å². The largest absolute Gasteiger partial charge is 0.497 e. The van der Waals surface area contributed by atoms with Gasteiger partial charge in [0.25, 0.3) is 10.0 Å². The summed E-state index contributed by atoms with van der Waals surface area (Å²) in [6.45, 7) is -0.420. The molecule has 0 radical (unpaired) electrons. The van der Waals surface area contributed by atoms with Gasteiger partial charge in [-0.25, -0.2) is 16.8 Å². The summed E-state index contributed by atoms with van der Waals surface area (Å²) in [7, 11) is -3.51. The van der Waals surface area contributed by atoms with E-state index in [0.29, 0.717) is 11.4 Å². The lowest BCUT2D eigenvalue weighted by molar-refractivity contribution is -0.116. The lowest BCUT2D eigenvalue weighted by atomic mass is 10.3. The van der Waals surface area contributed by atoms with Gasteiger partial charge in [-0.1, -0.05) is 0 Å². The Morgan fingerprint density at radius 1 is 0.967 bits per heavy atom. The molecule has 12 heteroatoms. The first-order valence-electron chi connectivity index (χ1n) is 8.52. The maximum atomic E-state index is 12.9. The van der Waals surface area contributed by atoms with E-state index in [2.05, 4.69) is 10.0 Å². The van der Waals surface area contributed by atoms with Gasteiger partial charge in [0, 0.05) is 18.4 Å². The number of carbonyl (C=O) groups is 1. The van der Waals surface area contributed by atoms with Crippen molar-refractivity contribution >= 4 is 37.3 Å². The summed E-state index contributed by atoms with van der Waals surface area (Å²) >= 11 is 0. The third-order valence-corrected chi connectivity index (χ3v) is 6.68. The second kappa shape index (κ2) is 9.32. The molecule has 0 bridgehead atoms. The van der Waals surface area contributed by atoms with Crippen LogP contribution in [0.3, 0.4) is 0 Å². The summed E-state index contributed by atoms with van der Waals surface area (Å²) in [5.74, 6) is 0.0149. The van der Waals surface area contributed by atoms with Gasteiger partial charge in [-0.3, -0.25) is 9.52 Å². The van der Waals surface area contributed by atoms with Gasteiger partial charge in [-0.05, 0) is 42.5 Å². The Morgan fingerprint density at radius 3 is 2.10 bits per heavy atom. The Kier molecular flexibility index (Phi) is 7.29. The summed E-state index contributed by atoms with van der Waals surface area (Å²) in [6.07, 6.45) is 0.975. The Balaban J connectivity index is 2.27. The number of hydrogen-bond acceptors (Lipinski definition) is 7. The van der Waals surface area contributed by atoms with Crippen molar-refractivity contribution in [3.05, 3.63) is 42.5 Å². The van der Waals surface area contributed by atoms with Crippen LogP contribution < -0.4 is 19.5 Å². The number of nitrogens with zero attached hydrogens (tertiary/aromatic N) is 1. The predicted octanol–water partition coefficient (Wildman–Crippen LogP) is 1.33. The average molecular weight is 458 g/mol. The summed E-state index contributed by atoms with van der Waals surface area (Å²) in [5, 5.41) is 2.48. The van der Waals surface area contributed by atoms with Gasteiger partial charge in [0.15, 0.2) is 0 Å². The van der Waals surface area contributed by atoms with Crippen molar-refractivity contribution in [2.24, 2.45) is 0 Å². The number of methoxy groups -OCH3 is 2. The fraction of sp³-hybridized carbons (Fsp3) is 0.278. The molecule has 2 aromatic rings. The van der Waals surface area contributed by atoms with Crippen molar-refractivity contribution in [2.75, 3.05) is 44.1 Å². The first-order valence-corrected chi connectivity index (χ1v) is 11.9. The van der Waals surface area contributed by atoms with E-state index in [1.807, 2.05) is 0 Å². The highest BCUT2D eigenvalue weighted by Gasteiger charge is 2.22. The molecule has 2 rings (SSSR count). The summed E-state index contributed by atoms with van der Waals surface area (Å²) in [4.78, 5) is 11.9. The number of ether oxygens (including phenoxy) is 2. The molecule has 0 aliphatic heterocycles. The van der Waals surface area contributed by atoms with Crippen LogP contribution in [0.25, 0.3) is 0 Å².